The highest BCUT2D eigenvalue weighted by molar-refractivity contribution is 5.49. The summed E-state index contributed by atoms with van der Waals surface area (Å²) in [5, 5.41) is 0. The number of hydrogen-bond acceptors (Lipinski definition) is 6. The molecule has 3 rings (SSSR count). The van der Waals surface area contributed by atoms with Crippen LogP contribution in [0.3, 0.4) is 0 Å². The fourth-order valence-electron chi connectivity index (χ4n) is 2.63. The number of nitrogens with zero attached hydrogens (tertiary/aromatic N) is 3. The van der Waals surface area contributed by atoms with Gasteiger partial charge < -0.3 is 15.1 Å². The van der Waals surface area contributed by atoms with Crippen LogP contribution in [0.25, 0.3) is 0 Å². The molecular weight excluding hydrogens is 254 g/mol. The molecule has 1 unspecified atom stereocenters. The van der Waals surface area contributed by atoms with Gasteiger partial charge in [0.2, 0.25) is 0 Å². The van der Waals surface area contributed by atoms with Gasteiger partial charge in [-0.25, -0.2) is 15.8 Å². The molecule has 1 saturated heterocycles. The topological polar surface area (TPSA) is 76.3 Å². The standard InChI is InChI=1S/C14H23N5O/c1-2-19(9-11-4-3-7-20-11)13-8-12(18-15)16-14(17-13)10-5-6-10/h8,10-11H,2-7,9,15H2,1H3,(H,16,17,18). The van der Waals surface area contributed by atoms with Gasteiger partial charge in [-0.15, -0.1) is 0 Å². The van der Waals surface area contributed by atoms with Gasteiger partial charge >= 0.3 is 0 Å². The van der Waals surface area contributed by atoms with Crippen molar-refractivity contribution in [2.24, 2.45) is 5.84 Å². The van der Waals surface area contributed by atoms with Gasteiger partial charge in [-0.05, 0) is 32.6 Å². The number of nitrogens with one attached hydrogen (secondary N) is 1. The van der Waals surface area contributed by atoms with Gasteiger partial charge in [0.15, 0.2) is 0 Å². The summed E-state index contributed by atoms with van der Waals surface area (Å²) in [4.78, 5) is 11.4. The van der Waals surface area contributed by atoms with E-state index in [0.29, 0.717) is 17.8 Å². The number of hydrazine groups is 1. The molecule has 0 aromatic carbocycles. The van der Waals surface area contributed by atoms with Crippen LogP contribution in [0.1, 0.15) is 44.3 Å². The molecule has 1 atom stereocenters. The fourth-order valence-corrected chi connectivity index (χ4v) is 2.63. The fraction of sp³-hybridized carbons (Fsp3) is 0.714. The first-order valence-electron chi connectivity index (χ1n) is 7.52. The van der Waals surface area contributed by atoms with Gasteiger partial charge in [0, 0.05) is 31.7 Å². The number of likely N-dealkylation sites (N-methyl/N-ethyl adjacent to an activating group) is 1. The predicted octanol–water partition coefficient (Wildman–Crippen LogP) is 1.64. The Labute approximate surface area is 119 Å². The van der Waals surface area contributed by atoms with E-state index in [0.717, 1.165) is 44.2 Å². The quantitative estimate of drug-likeness (QED) is 0.608. The van der Waals surface area contributed by atoms with Crippen molar-refractivity contribution in [2.45, 2.75) is 44.6 Å². The van der Waals surface area contributed by atoms with E-state index in [9.17, 15) is 0 Å². The lowest BCUT2D eigenvalue weighted by Crippen LogP contribution is -2.33. The molecule has 1 aliphatic carbocycles. The van der Waals surface area contributed by atoms with Crippen molar-refractivity contribution in [3.63, 3.8) is 0 Å². The molecule has 2 heterocycles. The SMILES string of the molecule is CCN(CC1CCCO1)c1cc(NN)nc(C2CC2)n1. The summed E-state index contributed by atoms with van der Waals surface area (Å²) < 4.78 is 5.73. The lowest BCUT2D eigenvalue weighted by molar-refractivity contribution is 0.115. The van der Waals surface area contributed by atoms with E-state index in [2.05, 4.69) is 22.2 Å². The Hall–Kier alpha value is -1.40. The summed E-state index contributed by atoms with van der Waals surface area (Å²) in [7, 11) is 0. The summed E-state index contributed by atoms with van der Waals surface area (Å²) in [5.41, 5.74) is 2.65. The lowest BCUT2D eigenvalue weighted by Gasteiger charge is -2.25. The number of aromatic nitrogens is 2. The molecule has 0 amide bonds. The molecule has 0 bridgehead atoms. The maximum absolute atomic E-state index is 5.73. The second-order valence-electron chi connectivity index (χ2n) is 5.56. The Morgan fingerprint density at radius 1 is 1.40 bits per heavy atom. The molecule has 1 aromatic rings. The van der Waals surface area contributed by atoms with Gasteiger partial charge in [0.05, 0.1) is 6.10 Å². The molecule has 6 heteroatoms. The van der Waals surface area contributed by atoms with Crippen molar-refractivity contribution in [3.05, 3.63) is 11.9 Å². The summed E-state index contributed by atoms with van der Waals surface area (Å²) in [5.74, 6) is 8.61. The molecule has 6 nitrogen and oxygen atoms in total. The van der Waals surface area contributed by atoms with E-state index in [1.54, 1.807) is 0 Å². The van der Waals surface area contributed by atoms with Crippen LogP contribution in [0, 0.1) is 0 Å². The van der Waals surface area contributed by atoms with Gasteiger partial charge in [-0.2, -0.15) is 0 Å². The van der Waals surface area contributed by atoms with Crippen molar-refractivity contribution < 1.29 is 4.74 Å². The molecular formula is C14H23N5O. The highest BCUT2D eigenvalue weighted by Gasteiger charge is 2.28. The third kappa shape index (κ3) is 3.02. The highest BCUT2D eigenvalue weighted by atomic mass is 16.5. The number of nitrogen functional groups attached to an aromatic ring is 1. The average Bonchev–Trinajstić information content (AvgIpc) is 3.22. The van der Waals surface area contributed by atoms with E-state index in [1.165, 1.54) is 12.8 Å². The molecule has 0 radical (unpaired) electrons. The molecule has 0 spiro atoms. The molecule has 2 fully saturated rings. The second-order valence-corrected chi connectivity index (χ2v) is 5.56. The highest BCUT2D eigenvalue weighted by Crippen LogP contribution is 2.39. The second kappa shape index (κ2) is 5.93. The third-order valence-electron chi connectivity index (χ3n) is 3.97. The normalized spacial score (nSPS) is 22.0. The molecule has 1 aromatic heterocycles. The van der Waals surface area contributed by atoms with Crippen LogP contribution in [0.5, 0.6) is 0 Å². The smallest absolute Gasteiger partial charge is 0.145 e. The molecule has 2 aliphatic rings. The van der Waals surface area contributed by atoms with E-state index in [4.69, 9.17) is 15.6 Å². The van der Waals surface area contributed by atoms with Crippen molar-refractivity contribution in [2.75, 3.05) is 30.0 Å². The van der Waals surface area contributed by atoms with Gasteiger partial charge in [0.25, 0.3) is 0 Å². The number of nitrogens with two attached hydrogens (primary N) is 1. The minimum absolute atomic E-state index is 0.323. The van der Waals surface area contributed by atoms with Crippen LogP contribution >= 0.6 is 0 Å². The minimum atomic E-state index is 0.323. The molecule has 20 heavy (non-hydrogen) atoms. The molecule has 3 N–H and O–H groups in total. The van der Waals surface area contributed by atoms with Gasteiger partial charge in [0.1, 0.15) is 17.5 Å². The molecule has 1 aliphatic heterocycles. The summed E-state index contributed by atoms with van der Waals surface area (Å²) in [6, 6.07) is 1.92. The monoisotopic (exact) mass is 277 g/mol. The Bertz CT molecular complexity index is 457. The molecule has 110 valence electrons. The van der Waals surface area contributed by atoms with Crippen LogP contribution < -0.4 is 16.2 Å². The first-order valence-corrected chi connectivity index (χ1v) is 7.52. The largest absolute Gasteiger partial charge is 0.376 e. The Morgan fingerprint density at radius 3 is 2.85 bits per heavy atom. The van der Waals surface area contributed by atoms with Crippen molar-refractivity contribution in [3.8, 4) is 0 Å². The first-order chi connectivity index (χ1) is 9.80. The first kappa shape index (κ1) is 13.6. The Kier molecular flexibility index (Phi) is 4.03. The van der Waals surface area contributed by atoms with Gasteiger partial charge in [-0.1, -0.05) is 0 Å². The van der Waals surface area contributed by atoms with Crippen LogP contribution in [-0.2, 0) is 4.74 Å². The minimum Gasteiger partial charge on any atom is -0.376 e. The van der Waals surface area contributed by atoms with E-state index in [-0.39, 0.29) is 0 Å². The van der Waals surface area contributed by atoms with Crippen LogP contribution in [0.2, 0.25) is 0 Å². The van der Waals surface area contributed by atoms with E-state index in [1.807, 2.05) is 6.07 Å². The van der Waals surface area contributed by atoms with Crippen LogP contribution in [0.4, 0.5) is 11.6 Å². The lowest BCUT2D eigenvalue weighted by atomic mass is 10.2. The van der Waals surface area contributed by atoms with Crippen LogP contribution in [-0.4, -0.2) is 35.8 Å². The summed E-state index contributed by atoms with van der Waals surface area (Å²) >= 11 is 0. The van der Waals surface area contributed by atoms with Crippen molar-refractivity contribution in [1.82, 2.24) is 9.97 Å². The number of hydrogen-bond donors (Lipinski definition) is 2. The zero-order chi connectivity index (χ0) is 13.9. The predicted molar refractivity (Wildman–Crippen MR) is 78.7 cm³/mol. The maximum atomic E-state index is 5.73. The number of ether oxygens (including phenoxy) is 1. The third-order valence-corrected chi connectivity index (χ3v) is 3.97. The average molecular weight is 277 g/mol. The number of rotatable bonds is 6. The Balaban J connectivity index is 1.79. The summed E-state index contributed by atoms with van der Waals surface area (Å²) in [6.45, 7) is 4.82. The maximum Gasteiger partial charge on any atom is 0.145 e. The summed E-state index contributed by atoms with van der Waals surface area (Å²) in [6.07, 6.45) is 4.99. The molecule has 1 saturated carbocycles. The van der Waals surface area contributed by atoms with E-state index >= 15 is 0 Å². The zero-order valence-corrected chi connectivity index (χ0v) is 12.0. The number of anilines is 2. The van der Waals surface area contributed by atoms with Gasteiger partial charge in [-0.3, -0.25) is 0 Å². The zero-order valence-electron chi connectivity index (χ0n) is 12.0. The Morgan fingerprint density at radius 2 is 2.25 bits per heavy atom. The van der Waals surface area contributed by atoms with E-state index < -0.39 is 0 Å². The van der Waals surface area contributed by atoms with Crippen LogP contribution in [0.15, 0.2) is 6.07 Å². The van der Waals surface area contributed by atoms with Crippen molar-refractivity contribution in [1.29, 1.82) is 0 Å². The van der Waals surface area contributed by atoms with Crippen molar-refractivity contribution >= 4 is 11.6 Å².